The molecule has 1 aromatic rings. The van der Waals surface area contributed by atoms with Gasteiger partial charge in [-0.05, 0) is 18.8 Å². The number of nitrogen functional groups attached to an aromatic ring is 1. The first-order valence-corrected chi connectivity index (χ1v) is 6.84. The van der Waals surface area contributed by atoms with Crippen LogP contribution in [0.5, 0.6) is 0 Å². The lowest BCUT2D eigenvalue weighted by Crippen LogP contribution is -2.27. The van der Waals surface area contributed by atoms with Crippen LogP contribution in [-0.2, 0) is 11.8 Å². The van der Waals surface area contributed by atoms with Gasteiger partial charge in [0.2, 0.25) is 5.91 Å². The van der Waals surface area contributed by atoms with Crippen molar-refractivity contribution in [3.8, 4) is 0 Å². The van der Waals surface area contributed by atoms with Crippen LogP contribution in [0.3, 0.4) is 0 Å². The Hall–Kier alpha value is -1.72. The molecule has 0 aliphatic heterocycles. The first kappa shape index (κ1) is 13.7. The lowest BCUT2D eigenvalue weighted by Gasteiger charge is -2.08. The van der Waals surface area contributed by atoms with Gasteiger partial charge in [0, 0.05) is 26.1 Å². The van der Waals surface area contributed by atoms with Crippen molar-refractivity contribution in [3.05, 3.63) is 5.69 Å². The zero-order chi connectivity index (χ0) is 14.0. The second-order valence-electron chi connectivity index (χ2n) is 5.44. The summed E-state index contributed by atoms with van der Waals surface area (Å²) in [7, 11) is 1.86. The molecule has 1 fully saturated rings. The summed E-state index contributed by atoms with van der Waals surface area (Å²) in [6.07, 6.45) is 2.69. The van der Waals surface area contributed by atoms with Crippen LogP contribution < -0.4 is 16.4 Å². The summed E-state index contributed by atoms with van der Waals surface area (Å²) in [6, 6.07) is 0.418. The summed E-state index contributed by atoms with van der Waals surface area (Å²) in [5.41, 5.74) is 7.64. The smallest absolute Gasteiger partial charge is 0.221 e. The number of aromatic nitrogens is 2. The number of hydrogen-bond acceptors (Lipinski definition) is 4. The fourth-order valence-corrected chi connectivity index (χ4v) is 2.02. The summed E-state index contributed by atoms with van der Waals surface area (Å²) in [5.74, 6) is 1.18. The lowest BCUT2D eigenvalue weighted by atomic mass is 10.1. The van der Waals surface area contributed by atoms with Gasteiger partial charge in [0.15, 0.2) is 0 Å². The van der Waals surface area contributed by atoms with Crippen molar-refractivity contribution >= 4 is 17.4 Å². The van der Waals surface area contributed by atoms with Gasteiger partial charge in [-0.15, -0.1) is 0 Å². The van der Waals surface area contributed by atoms with Gasteiger partial charge in [-0.25, -0.2) is 0 Å². The Morgan fingerprint density at radius 3 is 2.74 bits per heavy atom. The summed E-state index contributed by atoms with van der Waals surface area (Å²) < 4.78 is 1.74. The van der Waals surface area contributed by atoms with Crippen LogP contribution in [0.2, 0.25) is 0 Å². The van der Waals surface area contributed by atoms with Crippen LogP contribution in [0, 0.1) is 0 Å². The minimum atomic E-state index is 0.0971. The van der Waals surface area contributed by atoms with Crippen LogP contribution in [0.4, 0.5) is 11.5 Å². The van der Waals surface area contributed by atoms with E-state index in [1.165, 1.54) is 0 Å². The van der Waals surface area contributed by atoms with E-state index in [1.54, 1.807) is 4.68 Å². The molecule has 1 saturated carbocycles. The van der Waals surface area contributed by atoms with Crippen molar-refractivity contribution in [2.45, 2.75) is 45.1 Å². The maximum Gasteiger partial charge on any atom is 0.221 e. The van der Waals surface area contributed by atoms with Gasteiger partial charge in [0.05, 0.1) is 11.4 Å². The number of aryl methyl sites for hydroxylation is 1. The van der Waals surface area contributed by atoms with E-state index in [1.807, 2.05) is 7.05 Å². The Morgan fingerprint density at radius 2 is 2.21 bits per heavy atom. The lowest BCUT2D eigenvalue weighted by molar-refractivity contribution is -0.120. The third kappa shape index (κ3) is 3.39. The van der Waals surface area contributed by atoms with E-state index in [9.17, 15) is 4.79 Å². The molecule has 0 spiro atoms. The van der Waals surface area contributed by atoms with Crippen molar-refractivity contribution in [1.29, 1.82) is 0 Å². The Morgan fingerprint density at radius 1 is 1.53 bits per heavy atom. The number of nitrogens with zero attached hydrogens (tertiary/aromatic N) is 2. The van der Waals surface area contributed by atoms with Gasteiger partial charge in [-0.3, -0.25) is 9.48 Å². The molecule has 0 aromatic carbocycles. The number of nitrogens with one attached hydrogen (secondary N) is 2. The van der Waals surface area contributed by atoms with Gasteiger partial charge in [-0.2, -0.15) is 5.10 Å². The molecule has 0 saturated heterocycles. The molecule has 0 unspecified atom stereocenters. The molecule has 0 radical (unpaired) electrons. The molecular weight excluding hydrogens is 242 g/mol. The van der Waals surface area contributed by atoms with Gasteiger partial charge in [0.25, 0.3) is 0 Å². The highest BCUT2D eigenvalue weighted by molar-refractivity contribution is 5.77. The minimum Gasteiger partial charge on any atom is -0.394 e. The van der Waals surface area contributed by atoms with Gasteiger partial charge in [0.1, 0.15) is 5.82 Å². The third-order valence-corrected chi connectivity index (χ3v) is 3.25. The SMILES string of the molecule is CC(C)c1nn(C)c(NCCC(=O)NC2CC2)c1N. The molecule has 4 N–H and O–H groups in total. The maximum atomic E-state index is 11.6. The average Bonchev–Trinajstić information content (AvgIpc) is 3.09. The van der Waals surface area contributed by atoms with Gasteiger partial charge >= 0.3 is 0 Å². The van der Waals surface area contributed by atoms with E-state index < -0.39 is 0 Å². The number of nitrogens with two attached hydrogens (primary N) is 1. The normalized spacial score (nSPS) is 14.7. The molecule has 1 heterocycles. The number of hydrogen-bond donors (Lipinski definition) is 3. The van der Waals surface area contributed by atoms with Crippen LogP contribution in [-0.4, -0.2) is 28.3 Å². The van der Waals surface area contributed by atoms with Crippen LogP contribution in [0.15, 0.2) is 0 Å². The van der Waals surface area contributed by atoms with E-state index >= 15 is 0 Å². The monoisotopic (exact) mass is 265 g/mol. The third-order valence-electron chi connectivity index (χ3n) is 3.25. The van der Waals surface area contributed by atoms with Crippen molar-refractivity contribution < 1.29 is 4.79 Å². The molecule has 1 aliphatic rings. The Labute approximate surface area is 113 Å². The number of carbonyl (C=O) groups excluding carboxylic acids is 1. The van der Waals surface area contributed by atoms with Crippen molar-refractivity contribution in [3.63, 3.8) is 0 Å². The topological polar surface area (TPSA) is 85.0 Å². The molecule has 1 aromatic heterocycles. The van der Waals surface area contributed by atoms with Gasteiger partial charge < -0.3 is 16.4 Å². The standard InChI is InChI=1S/C13H23N5O/c1-8(2)12-11(14)13(18(3)17-12)15-7-6-10(19)16-9-4-5-9/h8-9,15H,4-7,14H2,1-3H3,(H,16,19). The number of rotatable bonds is 6. The van der Waals surface area contributed by atoms with Crippen molar-refractivity contribution in [1.82, 2.24) is 15.1 Å². The summed E-state index contributed by atoms with van der Waals surface area (Å²) in [5, 5.41) is 10.6. The quantitative estimate of drug-likeness (QED) is 0.721. The van der Waals surface area contributed by atoms with Crippen LogP contribution in [0.25, 0.3) is 0 Å². The van der Waals surface area contributed by atoms with Crippen molar-refractivity contribution in [2.24, 2.45) is 7.05 Å². The summed E-state index contributed by atoms with van der Waals surface area (Å²) >= 11 is 0. The molecule has 6 heteroatoms. The molecular formula is C13H23N5O. The zero-order valence-electron chi connectivity index (χ0n) is 11.9. The first-order valence-electron chi connectivity index (χ1n) is 6.84. The van der Waals surface area contributed by atoms with E-state index in [0.717, 1.165) is 24.4 Å². The fourth-order valence-electron chi connectivity index (χ4n) is 2.02. The molecule has 1 amide bonds. The van der Waals surface area contributed by atoms with E-state index in [4.69, 9.17) is 5.73 Å². The minimum absolute atomic E-state index is 0.0971. The van der Waals surface area contributed by atoms with E-state index in [-0.39, 0.29) is 5.91 Å². The predicted molar refractivity (Wildman–Crippen MR) is 76.0 cm³/mol. The van der Waals surface area contributed by atoms with E-state index in [0.29, 0.717) is 30.6 Å². The Kier molecular flexibility index (Phi) is 3.97. The predicted octanol–water partition coefficient (Wildman–Crippen LogP) is 1.21. The molecule has 19 heavy (non-hydrogen) atoms. The van der Waals surface area contributed by atoms with Gasteiger partial charge in [-0.1, -0.05) is 13.8 Å². The van der Waals surface area contributed by atoms with Crippen LogP contribution >= 0.6 is 0 Å². The maximum absolute atomic E-state index is 11.6. The highest BCUT2D eigenvalue weighted by atomic mass is 16.1. The van der Waals surface area contributed by atoms with Crippen molar-refractivity contribution in [2.75, 3.05) is 17.6 Å². The molecule has 0 bridgehead atoms. The van der Waals surface area contributed by atoms with Crippen LogP contribution in [0.1, 0.15) is 44.7 Å². The largest absolute Gasteiger partial charge is 0.394 e. The number of anilines is 2. The summed E-state index contributed by atoms with van der Waals surface area (Å²) in [4.78, 5) is 11.6. The van der Waals surface area contributed by atoms with E-state index in [2.05, 4.69) is 29.6 Å². The highest BCUT2D eigenvalue weighted by Crippen LogP contribution is 2.27. The number of amides is 1. The fraction of sp³-hybridized carbons (Fsp3) is 0.692. The number of carbonyl (C=O) groups is 1. The zero-order valence-corrected chi connectivity index (χ0v) is 11.9. The molecule has 2 rings (SSSR count). The highest BCUT2D eigenvalue weighted by Gasteiger charge is 2.23. The second kappa shape index (κ2) is 5.50. The summed E-state index contributed by atoms with van der Waals surface area (Å²) in [6.45, 7) is 4.69. The molecule has 0 atom stereocenters. The average molecular weight is 265 g/mol. The molecule has 106 valence electrons. The first-order chi connectivity index (χ1) is 8.99. The molecule has 1 aliphatic carbocycles. The Balaban J connectivity index is 1.86. The second-order valence-corrected chi connectivity index (χ2v) is 5.44. The molecule has 6 nitrogen and oxygen atoms in total. The Bertz CT molecular complexity index is 462.